The molecule has 0 saturated carbocycles. The van der Waals surface area contributed by atoms with Gasteiger partial charge in [0.15, 0.2) is 0 Å². The van der Waals surface area contributed by atoms with Crippen LogP contribution in [-0.4, -0.2) is 9.65 Å². The van der Waals surface area contributed by atoms with Gasteiger partial charge in [0.1, 0.15) is 0 Å². The standard InChI is InChI=1S/C6H12Br2/c1-3-6(8)4-5(2)7/h5-6H,3-4H2,1-2H3/t5-,6-/m0/s1. The van der Waals surface area contributed by atoms with E-state index in [4.69, 9.17) is 0 Å². The van der Waals surface area contributed by atoms with E-state index in [0.717, 1.165) is 0 Å². The van der Waals surface area contributed by atoms with Crippen LogP contribution in [0.25, 0.3) is 0 Å². The first kappa shape index (κ1) is 8.96. The number of rotatable bonds is 3. The van der Waals surface area contributed by atoms with Gasteiger partial charge in [-0.25, -0.2) is 0 Å². The Kier molecular flexibility index (Phi) is 5.38. The first-order valence-corrected chi connectivity index (χ1v) is 4.78. The molecule has 0 aromatic heterocycles. The Hall–Kier alpha value is 0.960. The predicted molar refractivity (Wildman–Crippen MR) is 46.0 cm³/mol. The SMILES string of the molecule is CC[C@H](Br)C[C@H](C)Br. The molecule has 0 aliphatic heterocycles. The molecule has 0 unspecified atom stereocenters. The van der Waals surface area contributed by atoms with E-state index in [1.807, 2.05) is 0 Å². The van der Waals surface area contributed by atoms with Crippen LogP contribution < -0.4 is 0 Å². The molecule has 0 fully saturated rings. The Labute approximate surface area is 68.3 Å². The smallest absolute Gasteiger partial charge is 0.0153 e. The number of hydrogen-bond donors (Lipinski definition) is 0. The number of hydrogen-bond acceptors (Lipinski definition) is 0. The fraction of sp³-hybridized carbons (Fsp3) is 1.00. The van der Waals surface area contributed by atoms with Crippen molar-refractivity contribution in [2.75, 3.05) is 0 Å². The third-order valence-corrected chi connectivity index (χ3v) is 2.42. The van der Waals surface area contributed by atoms with Gasteiger partial charge in [0.25, 0.3) is 0 Å². The lowest BCUT2D eigenvalue weighted by Gasteiger charge is -2.06. The van der Waals surface area contributed by atoms with E-state index in [0.29, 0.717) is 9.65 Å². The van der Waals surface area contributed by atoms with Crippen molar-refractivity contribution in [1.82, 2.24) is 0 Å². The highest BCUT2D eigenvalue weighted by atomic mass is 79.9. The van der Waals surface area contributed by atoms with Crippen molar-refractivity contribution in [2.45, 2.75) is 36.3 Å². The summed E-state index contributed by atoms with van der Waals surface area (Å²) in [7, 11) is 0. The molecule has 0 aromatic carbocycles. The fourth-order valence-corrected chi connectivity index (χ4v) is 2.03. The minimum absolute atomic E-state index is 0.645. The van der Waals surface area contributed by atoms with Crippen LogP contribution in [0.1, 0.15) is 26.7 Å². The summed E-state index contributed by atoms with van der Waals surface area (Å²) in [6, 6.07) is 0. The monoisotopic (exact) mass is 242 g/mol. The Morgan fingerprint density at radius 3 is 2.00 bits per heavy atom. The van der Waals surface area contributed by atoms with Crippen LogP contribution in [0.5, 0.6) is 0 Å². The van der Waals surface area contributed by atoms with Gasteiger partial charge in [-0.1, -0.05) is 45.7 Å². The maximum Gasteiger partial charge on any atom is 0.0153 e. The molecule has 0 radical (unpaired) electrons. The van der Waals surface area contributed by atoms with Crippen LogP contribution in [-0.2, 0) is 0 Å². The lowest BCUT2D eigenvalue weighted by atomic mass is 10.2. The topological polar surface area (TPSA) is 0 Å². The summed E-state index contributed by atoms with van der Waals surface area (Å²) in [5.41, 5.74) is 0. The largest absolute Gasteiger partial charge is 0.0893 e. The van der Waals surface area contributed by atoms with Crippen molar-refractivity contribution in [3.63, 3.8) is 0 Å². The van der Waals surface area contributed by atoms with Crippen LogP contribution in [0.3, 0.4) is 0 Å². The molecule has 0 rings (SSSR count). The normalized spacial score (nSPS) is 18.0. The van der Waals surface area contributed by atoms with Crippen molar-refractivity contribution in [1.29, 1.82) is 0 Å². The molecular weight excluding hydrogens is 232 g/mol. The van der Waals surface area contributed by atoms with E-state index >= 15 is 0 Å². The Bertz CT molecular complexity index is 52.5. The van der Waals surface area contributed by atoms with E-state index in [1.54, 1.807) is 0 Å². The van der Waals surface area contributed by atoms with E-state index in [1.165, 1.54) is 12.8 Å². The van der Waals surface area contributed by atoms with Gasteiger partial charge in [0, 0.05) is 9.65 Å². The highest BCUT2D eigenvalue weighted by Crippen LogP contribution is 2.15. The van der Waals surface area contributed by atoms with Crippen LogP contribution in [0.15, 0.2) is 0 Å². The maximum absolute atomic E-state index is 3.55. The molecule has 2 atom stereocenters. The van der Waals surface area contributed by atoms with Gasteiger partial charge in [-0.05, 0) is 12.8 Å². The van der Waals surface area contributed by atoms with E-state index < -0.39 is 0 Å². The van der Waals surface area contributed by atoms with Crippen molar-refractivity contribution < 1.29 is 0 Å². The van der Waals surface area contributed by atoms with Gasteiger partial charge in [0.2, 0.25) is 0 Å². The zero-order valence-corrected chi connectivity index (χ0v) is 8.50. The van der Waals surface area contributed by atoms with Gasteiger partial charge in [-0.15, -0.1) is 0 Å². The predicted octanol–water partition coefficient (Wildman–Crippen LogP) is 3.33. The van der Waals surface area contributed by atoms with Gasteiger partial charge < -0.3 is 0 Å². The molecule has 50 valence electrons. The first-order chi connectivity index (χ1) is 3.66. The summed E-state index contributed by atoms with van der Waals surface area (Å²) < 4.78 is 0. The van der Waals surface area contributed by atoms with Gasteiger partial charge in [0.05, 0.1) is 0 Å². The van der Waals surface area contributed by atoms with Crippen molar-refractivity contribution in [3.8, 4) is 0 Å². The molecule has 0 aliphatic rings. The average Bonchev–Trinajstić information content (AvgIpc) is 1.65. The minimum Gasteiger partial charge on any atom is -0.0893 e. The lowest BCUT2D eigenvalue weighted by Crippen LogP contribution is -2.01. The summed E-state index contributed by atoms with van der Waals surface area (Å²) in [6.45, 7) is 4.36. The zero-order chi connectivity index (χ0) is 6.57. The second-order valence-electron chi connectivity index (χ2n) is 2.02. The van der Waals surface area contributed by atoms with Crippen molar-refractivity contribution >= 4 is 31.9 Å². The third kappa shape index (κ3) is 5.10. The zero-order valence-electron chi connectivity index (χ0n) is 5.32. The molecule has 0 saturated heterocycles. The molecule has 0 N–H and O–H groups in total. The third-order valence-electron chi connectivity index (χ3n) is 1.02. The molecule has 0 spiro atoms. The molecule has 0 nitrogen and oxygen atoms in total. The summed E-state index contributed by atoms with van der Waals surface area (Å²) >= 11 is 7.03. The lowest BCUT2D eigenvalue weighted by molar-refractivity contribution is 0.748. The second-order valence-corrected chi connectivity index (χ2v) is 4.88. The molecule has 8 heavy (non-hydrogen) atoms. The fourth-order valence-electron chi connectivity index (χ4n) is 0.519. The first-order valence-electron chi connectivity index (χ1n) is 2.95. The van der Waals surface area contributed by atoms with Crippen molar-refractivity contribution in [2.24, 2.45) is 0 Å². The summed E-state index contributed by atoms with van der Waals surface area (Å²) in [6.07, 6.45) is 2.44. The molecule has 0 amide bonds. The number of halogens is 2. The van der Waals surface area contributed by atoms with Crippen LogP contribution in [0, 0.1) is 0 Å². The van der Waals surface area contributed by atoms with Crippen LogP contribution >= 0.6 is 31.9 Å². The van der Waals surface area contributed by atoms with Gasteiger partial charge >= 0.3 is 0 Å². The maximum atomic E-state index is 3.55. The Morgan fingerprint density at radius 2 is 1.88 bits per heavy atom. The molecule has 2 heteroatoms. The quantitative estimate of drug-likeness (QED) is 0.668. The van der Waals surface area contributed by atoms with Gasteiger partial charge in [-0.3, -0.25) is 0 Å². The Balaban J connectivity index is 3.10. The molecule has 0 aromatic rings. The average molecular weight is 244 g/mol. The molecular formula is C6H12Br2. The summed E-state index contributed by atoms with van der Waals surface area (Å²) in [4.78, 5) is 1.34. The second kappa shape index (κ2) is 4.80. The molecule has 0 aliphatic carbocycles. The van der Waals surface area contributed by atoms with Gasteiger partial charge in [-0.2, -0.15) is 0 Å². The summed E-state index contributed by atoms with van der Waals surface area (Å²) in [5.74, 6) is 0. The summed E-state index contributed by atoms with van der Waals surface area (Å²) in [5, 5.41) is 0. The van der Waals surface area contributed by atoms with Crippen LogP contribution in [0.2, 0.25) is 0 Å². The minimum atomic E-state index is 0.645. The van der Waals surface area contributed by atoms with E-state index in [9.17, 15) is 0 Å². The highest BCUT2D eigenvalue weighted by molar-refractivity contribution is 9.10. The van der Waals surface area contributed by atoms with E-state index in [-0.39, 0.29) is 0 Å². The highest BCUT2D eigenvalue weighted by Gasteiger charge is 2.03. The van der Waals surface area contributed by atoms with Crippen molar-refractivity contribution in [3.05, 3.63) is 0 Å². The van der Waals surface area contributed by atoms with Crippen LogP contribution in [0.4, 0.5) is 0 Å². The molecule has 0 bridgehead atoms. The Morgan fingerprint density at radius 1 is 1.38 bits per heavy atom. The van der Waals surface area contributed by atoms with E-state index in [2.05, 4.69) is 45.7 Å². The number of alkyl halides is 2. The molecule has 0 heterocycles.